The molecule has 0 fully saturated rings. The number of nitrogens with one attached hydrogen (secondary N) is 3. The van der Waals surface area contributed by atoms with Crippen molar-refractivity contribution in [2.75, 3.05) is 10.6 Å². The predicted molar refractivity (Wildman–Crippen MR) is 199 cm³/mol. The lowest BCUT2D eigenvalue weighted by atomic mass is 10.1. The Kier molecular flexibility index (Phi) is 12.5. The number of anilines is 2. The van der Waals surface area contributed by atoms with E-state index < -0.39 is 17.1 Å². The minimum Gasteiger partial charge on any atom is -0.489 e. The summed E-state index contributed by atoms with van der Waals surface area (Å²) in [4.78, 5) is 40.6. The lowest BCUT2D eigenvalue weighted by Gasteiger charge is -2.16. The first-order chi connectivity index (χ1) is 23.8. The van der Waals surface area contributed by atoms with Crippen molar-refractivity contribution in [3.05, 3.63) is 160 Å². The Bertz CT molecular complexity index is 1940. The van der Waals surface area contributed by atoms with Gasteiger partial charge >= 0.3 is 0 Å². The molecule has 3 N–H and O–H groups in total. The van der Waals surface area contributed by atoms with Crippen molar-refractivity contribution in [2.45, 2.75) is 30.1 Å². The van der Waals surface area contributed by atoms with Gasteiger partial charge in [0.15, 0.2) is 0 Å². The fourth-order valence-corrected chi connectivity index (χ4v) is 5.95. The summed E-state index contributed by atoms with van der Waals surface area (Å²) in [6, 6.07) is 37.9. The van der Waals surface area contributed by atoms with Gasteiger partial charge in [0, 0.05) is 21.8 Å². The number of carbonyl (C=O) groups is 3. The molecular weight excluding hydrogens is 677 g/mol. The van der Waals surface area contributed by atoms with Gasteiger partial charge in [0.1, 0.15) is 18.1 Å². The summed E-state index contributed by atoms with van der Waals surface area (Å²) >= 11 is 13.5. The number of amides is 3. The maximum atomic E-state index is 13.7. The van der Waals surface area contributed by atoms with E-state index in [2.05, 4.69) is 16.0 Å². The lowest BCUT2D eigenvalue weighted by molar-refractivity contribution is -0.116. The summed E-state index contributed by atoms with van der Waals surface area (Å²) in [5.74, 6) is -0.454. The van der Waals surface area contributed by atoms with E-state index in [0.29, 0.717) is 51.3 Å². The molecule has 0 aliphatic heterocycles. The van der Waals surface area contributed by atoms with Gasteiger partial charge in [-0.15, -0.1) is 11.8 Å². The molecule has 1 unspecified atom stereocenters. The predicted octanol–water partition coefficient (Wildman–Crippen LogP) is 9.49. The number of rotatable bonds is 13. The number of hydrogen-bond donors (Lipinski definition) is 3. The molecule has 0 saturated carbocycles. The Morgan fingerprint density at radius 1 is 0.755 bits per heavy atom. The molecule has 0 aliphatic carbocycles. The minimum absolute atomic E-state index is 0.0531. The molecule has 5 aromatic rings. The standard InChI is InChI=1S/C39H33Cl2N3O4S/c1-2-36(39(47)43-30-18-21-33(40)34(41)24-30)49-32-15-9-14-29(23-32)42-38(46)35(44-37(45)28-12-7-4-8-13-28)22-26-16-19-31(20-17-26)48-25-27-10-5-3-6-11-27/h3-24,36H,2,25H2,1H3,(H,42,46)(H,43,47)(H,44,45)/b35-22+. The Hall–Kier alpha value is -5.02. The van der Waals surface area contributed by atoms with E-state index in [-0.39, 0.29) is 11.6 Å². The number of ether oxygens (including phenoxy) is 1. The third-order valence-corrected chi connectivity index (χ3v) is 9.29. The zero-order valence-corrected chi connectivity index (χ0v) is 28.8. The first-order valence-corrected chi connectivity index (χ1v) is 17.1. The Labute approximate surface area is 299 Å². The summed E-state index contributed by atoms with van der Waals surface area (Å²) in [7, 11) is 0. The highest BCUT2D eigenvalue weighted by Crippen LogP contribution is 2.30. The average Bonchev–Trinajstić information content (AvgIpc) is 3.12. The van der Waals surface area contributed by atoms with Gasteiger partial charge in [-0.3, -0.25) is 14.4 Å². The van der Waals surface area contributed by atoms with E-state index in [1.807, 2.05) is 73.7 Å². The average molecular weight is 711 g/mol. The molecule has 0 saturated heterocycles. The summed E-state index contributed by atoms with van der Waals surface area (Å²) in [5, 5.41) is 8.88. The molecule has 7 nitrogen and oxygen atoms in total. The van der Waals surface area contributed by atoms with E-state index in [1.54, 1.807) is 66.7 Å². The van der Waals surface area contributed by atoms with E-state index in [9.17, 15) is 14.4 Å². The van der Waals surface area contributed by atoms with Crippen LogP contribution in [0.25, 0.3) is 6.08 Å². The molecule has 0 aromatic heterocycles. The van der Waals surface area contributed by atoms with Crippen molar-refractivity contribution in [3.8, 4) is 5.75 Å². The van der Waals surface area contributed by atoms with Crippen LogP contribution in [0.1, 0.15) is 34.8 Å². The normalized spacial score (nSPS) is 11.7. The van der Waals surface area contributed by atoms with Crippen molar-refractivity contribution in [1.82, 2.24) is 5.32 Å². The Balaban J connectivity index is 1.29. The van der Waals surface area contributed by atoms with Crippen molar-refractivity contribution in [1.29, 1.82) is 0 Å². The van der Waals surface area contributed by atoms with Gasteiger partial charge in [0.25, 0.3) is 11.8 Å². The third kappa shape index (κ3) is 10.5. The van der Waals surface area contributed by atoms with E-state index in [4.69, 9.17) is 27.9 Å². The van der Waals surface area contributed by atoms with Crippen LogP contribution >= 0.6 is 35.0 Å². The number of hydrogen-bond acceptors (Lipinski definition) is 5. The van der Waals surface area contributed by atoms with E-state index in [1.165, 1.54) is 11.8 Å². The highest BCUT2D eigenvalue weighted by atomic mass is 35.5. The van der Waals surface area contributed by atoms with Crippen LogP contribution < -0.4 is 20.7 Å². The smallest absolute Gasteiger partial charge is 0.272 e. The quantitative estimate of drug-likeness (QED) is 0.0836. The number of halogens is 2. The first-order valence-electron chi connectivity index (χ1n) is 15.5. The summed E-state index contributed by atoms with van der Waals surface area (Å²) < 4.78 is 5.89. The number of carbonyl (C=O) groups excluding carboxylic acids is 3. The topological polar surface area (TPSA) is 96.5 Å². The van der Waals surface area contributed by atoms with E-state index in [0.717, 1.165) is 10.5 Å². The second-order valence-electron chi connectivity index (χ2n) is 10.8. The van der Waals surface area contributed by atoms with Crippen LogP contribution in [0.15, 0.2) is 138 Å². The number of thioether (sulfide) groups is 1. The van der Waals surface area contributed by atoms with Gasteiger partial charge in [0.2, 0.25) is 5.91 Å². The van der Waals surface area contributed by atoms with Crippen LogP contribution in [-0.4, -0.2) is 23.0 Å². The van der Waals surface area contributed by atoms with Crippen molar-refractivity contribution in [2.24, 2.45) is 0 Å². The molecule has 5 aromatic carbocycles. The molecule has 3 amide bonds. The molecule has 10 heteroatoms. The highest BCUT2D eigenvalue weighted by molar-refractivity contribution is 8.00. The van der Waals surface area contributed by atoms with Crippen LogP contribution in [0.2, 0.25) is 10.0 Å². The molecule has 0 spiro atoms. The Morgan fingerprint density at radius 3 is 2.14 bits per heavy atom. The van der Waals surface area contributed by atoms with Gasteiger partial charge < -0.3 is 20.7 Å². The number of benzene rings is 5. The first kappa shape index (κ1) is 35.3. The van der Waals surface area contributed by atoms with Crippen molar-refractivity contribution in [3.63, 3.8) is 0 Å². The zero-order chi connectivity index (χ0) is 34.6. The molecule has 248 valence electrons. The van der Waals surface area contributed by atoms with E-state index >= 15 is 0 Å². The molecule has 0 radical (unpaired) electrons. The maximum absolute atomic E-state index is 13.7. The molecule has 0 aliphatic rings. The van der Waals surface area contributed by atoms with Gasteiger partial charge in [-0.25, -0.2) is 0 Å². The zero-order valence-electron chi connectivity index (χ0n) is 26.5. The van der Waals surface area contributed by atoms with Gasteiger partial charge in [-0.1, -0.05) is 96.9 Å². The van der Waals surface area contributed by atoms with Crippen LogP contribution in [0.5, 0.6) is 5.75 Å². The lowest BCUT2D eigenvalue weighted by Crippen LogP contribution is -2.30. The van der Waals surface area contributed by atoms with Crippen molar-refractivity contribution >= 4 is 70.1 Å². The van der Waals surface area contributed by atoms with Crippen LogP contribution in [0.3, 0.4) is 0 Å². The molecule has 5 rings (SSSR count). The minimum atomic E-state index is -0.514. The molecule has 0 bridgehead atoms. The summed E-state index contributed by atoms with van der Waals surface area (Å²) in [6.07, 6.45) is 2.17. The summed E-state index contributed by atoms with van der Waals surface area (Å²) in [5.41, 5.74) is 3.25. The second-order valence-corrected chi connectivity index (χ2v) is 12.9. The SMILES string of the molecule is CCC(Sc1cccc(NC(=O)/C(=C\c2ccc(OCc3ccccc3)cc2)NC(=O)c2ccccc2)c1)C(=O)Nc1ccc(Cl)c(Cl)c1. The molecule has 1 atom stereocenters. The van der Waals surface area contributed by atoms with Gasteiger partial charge in [0.05, 0.1) is 15.3 Å². The van der Waals surface area contributed by atoms with Gasteiger partial charge in [-0.2, -0.15) is 0 Å². The fourth-order valence-electron chi connectivity index (χ4n) is 4.64. The third-order valence-electron chi connectivity index (χ3n) is 7.19. The molecule has 0 heterocycles. The van der Waals surface area contributed by atoms with Crippen LogP contribution in [0.4, 0.5) is 11.4 Å². The van der Waals surface area contributed by atoms with Crippen molar-refractivity contribution < 1.29 is 19.1 Å². The highest BCUT2D eigenvalue weighted by Gasteiger charge is 2.20. The summed E-state index contributed by atoms with van der Waals surface area (Å²) in [6.45, 7) is 2.35. The largest absolute Gasteiger partial charge is 0.489 e. The second kappa shape index (κ2) is 17.4. The fraction of sp³-hybridized carbons (Fsp3) is 0.103. The molecule has 49 heavy (non-hydrogen) atoms. The maximum Gasteiger partial charge on any atom is 0.272 e. The van der Waals surface area contributed by atoms with Gasteiger partial charge in [-0.05, 0) is 84.3 Å². The van der Waals surface area contributed by atoms with Crippen LogP contribution in [0, 0.1) is 0 Å². The molecular formula is C39H33Cl2N3O4S. The Morgan fingerprint density at radius 2 is 1.45 bits per heavy atom. The van der Waals surface area contributed by atoms with Crippen LogP contribution in [-0.2, 0) is 16.2 Å². The monoisotopic (exact) mass is 709 g/mol.